The molecule has 2 heterocycles. The minimum atomic E-state index is 0. The Bertz CT molecular complexity index is 675. The Morgan fingerprint density at radius 1 is 1.23 bits per heavy atom. The Balaban J connectivity index is 0.00000243. The van der Waals surface area contributed by atoms with Gasteiger partial charge in [-0.15, -0.1) is 24.0 Å². The molecule has 0 amide bonds. The normalized spacial score (nSPS) is 20.4. The number of hydrogen-bond donors (Lipinski definition) is 1. The Morgan fingerprint density at radius 2 is 2.04 bits per heavy atom. The van der Waals surface area contributed by atoms with Crippen molar-refractivity contribution in [3.05, 3.63) is 66.0 Å². The number of nitrogens with one attached hydrogen (secondary N) is 1. The molecule has 2 unspecified atom stereocenters. The molecule has 0 aliphatic carbocycles. The number of halogens is 1. The van der Waals surface area contributed by atoms with E-state index in [0.29, 0.717) is 11.8 Å². The Morgan fingerprint density at radius 3 is 2.69 bits per heavy atom. The predicted octanol–water partition coefficient (Wildman–Crippen LogP) is 3.94. The zero-order valence-corrected chi connectivity index (χ0v) is 18.0. The molecule has 2 atom stereocenters. The van der Waals surface area contributed by atoms with E-state index >= 15 is 0 Å². The van der Waals surface area contributed by atoms with Gasteiger partial charge in [0.25, 0.3) is 0 Å². The van der Waals surface area contributed by atoms with Crippen molar-refractivity contribution < 1.29 is 0 Å². The summed E-state index contributed by atoms with van der Waals surface area (Å²) in [7, 11) is 1.88. The molecule has 26 heavy (non-hydrogen) atoms. The highest BCUT2D eigenvalue weighted by Crippen LogP contribution is 2.32. The summed E-state index contributed by atoms with van der Waals surface area (Å²) in [6.07, 6.45) is 5.88. The highest BCUT2D eigenvalue weighted by Gasteiger charge is 2.28. The van der Waals surface area contributed by atoms with Gasteiger partial charge in [0.2, 0.25) is 0 Å². The number of nitrogens with zero attached hydrogens (tertiary/aromatic N) is 3. The fraction of sp³-hybridized carbons (Fsp3) is 0.429. The minimum absolute atomic E-state index is 0. The van der Waals surface area contributed by atoms with Gasteiger partial charge in [0.1, 0.15) is 0 Å². The molecule has 1 aliphatic rings. The van der Waals surface area contributed by atoms with Gasteiger partial charge in [0.15, 0.2) is 5.96 Å². The quantitative estimate of drug-likeness (QED) is 0.424. The van der Waals surface area contributed by atoms with Crippen LogP contribution in [-0.4, -0.2) is 42.5 Å². The summed E-state index contributed by atoms with van der Waals surface area (Å²) in [6, 6.07) is 15.0. The number of rotatable bonds is 4. The second kappa shape index (κ2) is 10.5. The molecule has 0 saturated carbocycles. The summed E-state index contributed by atoms with van der Waals surface area (Å²) in [5.74, 6) is 2.28. The van der Waals surface area contributed by atoms with Crippen LogP contribution < -0.4 is 5.32 Å². The molecule has 0 spiro atoms. The van der Waals surface area contributed by atoms with Crippen molar-refractivity contribution in [2.45, 2.75) is 25.7 Å². The van der Waals surface area contributed by atoms with Gasteiger partial charge in [-0.25, -0.2) is 0 Å². The van der Waals surface area contributed by atoms with E-state index < -0.39 is 0 Å². The van der Waals surface area contributed by atoms with Crippen molar-refractivity contribution in [2.75, 3.05) is 26.7 Å². The molecular formula is C21H29IN4. The fourth-order valence-corrected chi connectivity index (χ4v) is 3.73. The molecule has 1 N–H and O–H groups in total. The minimum Gasteiger partial charge on any atom is -0.356 e. The largest absolute Gasteiger partial charge is 0.356 e. The van der Waals surface area contributed by atoms with Crippen molar-refractivity contribution >= 4 is 29.9 Å². The number of aromatic nitrogens is 1. The molecular weight excluding hydrogens is 435 g/mol. The second-order valence-corrected chi connectivity index (χ2v) is 6.81. The van der Waals surface area contributed by atoms with Gasteiger partial charge in [-0.3, -0.25) is 9.98 Å². The number of benzene rings is 1. The first-order valence-corrected chi connectivity index (χ1v) is 9.17. The van der Waals surface area contributed by atoms with E-state index in [9.17, 15) is 0 Å². The standard InChI is InChI=1S/C21H28N4.HI/c1-17-16-25(14-11-20(17)19-8-4-3-5-9-19)21(22-2)24-13-10-18-7-6-12-23-15-18;/h3-9,12,15,17,20H,10-11,13-14,16H2,1-2H3,(H,22,24);1H. The van der Waals surface area contributed by atoms with E-state index in [2.05, 4.69) is 63.5 Å². The topological polar surface area (TPSA) is 40.5 Å². The van der Waals surface area contributed by atoms with E-state index in [4.69, 9.17) is 0 Å². The van der Waals surface area contributed by atoms with Crippen LogP contribution in [-0.2, 0) is 6.42 Å². The summed E-state index contributed by atoms with van der Waals surface area (Å²) in [5, 5.41) is 3.51. The van der Waals surface area contributed by atoms with Crippen LogP contribution in [0.5, 0.6) is 0 Å². The second-order valence-electron chi connectivity index (χ2n) is 6.81. The fourth-order valence-electron chi connectivity index (χ4n) is 3.73. The van der Waals surface area contributed by atoms with Crippen LogP contribution in [0.4, 0.5) is 0 Å². The maximum atomic E-state index is 4.49. The molecule has 1 aromatic carbocycles. The summed E-state index contributed by atoms with van der Waals surface area (Å²) in [5.41, 5.74) is 2.72. The summed E-state index contributed by atoms with van der Waals surface area (Å²) in [4.78, 5) is 11.1. The van der Waals surface area contributed by atoms with E-state index in [1.807, 2.05) is 25.5 Å². The first-order chi connectivity index (χ1) is 12.3. The zero-order chi connectivity index (χ0) is 17.5. The highest BCUT2D eigenvalue weighted by molar-refractivity contribution is 14.0. The number of piperidine rings is 1. The molecule has 1 fully saturated rings. The molecule has 1 aliphatic heterocycles. The van der Waals surface area contributed by atoms with Gasteiger partial charge in [-0.05, 0) is 41.9 Å². The Hall–Kier alpha value is -1.63. The lowest BCUT2D eigenvalue weighted by Crippen LogP contribution is -2.48. The van der Waals surface area contributed by atoms with E-state index in [1.165, 1.54) is 17.5 Å². The molecule has 1 saturated heterocycles. The summed E-state index contributed by atoms with van der Waals surface area (Å²) in [6.45, 7) is 5.33. The first kappa shape index (κ1) is 20.7. The molecule has 3 rings (SSSR count). The van der Waals surface area contributed by atoms with Gasteiger partial charge in [-0.2, -0.15) is 0 Å². The van der Waals surface area contributed by atoms with Crippen LogP contribution in [0.15, 0.2) is 59.9 Å². The number of hydrogen-bond acceptors (Lipinski definition) is 2. The Kier molecular flexibility index (Phi) is 8.35. The lowest BCUT2D eigenvalue weighted by molar-refractivity contribution is 0.234. The predicted molar refractivity (Wildman–Crippen MR) is 119 cm³/mol. The number of likely N-dealkylation sites (tertiary alicyclic amines) is 1. The molecule has 0 radical (unpaired) electrons. The summed E-state index contributed by atoms with van der Waals surface area (Å²) < 4.78 is 0. The maximum absolute atomic E-state index is 4.49. The van der Waals surface area contributed by atoms with Crippen molar-refractivity contribution in [3.63, 3.8) is 0 Å². The van der Waals surface area contributed by atoms with Crippen molar-refractivity contribution in [1.29, 1.82) is 0 Å². The average molecular weight is 464 g/mol. The average Bonchev–Trinajstić information content (AvgIpc) is 2.67. The maximum Gasteiger partial charge on any atom is 0.193 e. The van der Waals surface area contributed by atoms with Crippen molar-refractivity contribution in [3.8, 4) is 0 Å². The van der Waals surface area contributed by atoms with Crippen LogP contribution in [0.3, 0.4) is 0 Å². The Labute approximate surface area is 174 Å². The van der Waals surface area contributed by atoms with Crippen molar-refractivity contribution in [1.82, 2.24) is 15.2 Å². The van der Waals surface area contributed by atoms with Gasteiger partial charge in [-0.1, -0.05) is 43.3 Å². The van der Waals surface area contributed by atoms with Crippen LogP contribution in [0.25, 0.3) is 0 Å². The van der Waals surface area contributed by atoms with Crippen LogP contribution in [0.2, 0.25) is 0 Å². The highest BCUT2D eigenvalue weighted by atomic mass is 127. The number of pyridine rings is 1. The lowest BCUT2D eigenvalue weighted by atomic mass is 9.82. The lowest BCUT2D eigenvalue weighted by Gasteiger charge is -2.39. The van der Waals surface area contributed by atoms with Gasteiger partial charge in [0.05, 0.1) is 0 Å². The molecule has 2 aromatic rings. The van der Waals surface area contributed by atoms with Crippen LogP contribution >= 0.6 is 24.0 Å². The third-order valence-corrected chi connectivity index (χ3v) is 5.06. The van der Waals surface area contributed by atoms with E-state index in [1.54, 1.807) is 0 Å². The number of guanidine groups is 1. The van der Waals surface area contributed by atoms with Gasteiger partial charge < -0.3 is 10.2 Å². The molecule has 140 valence electrons. The smallest absolute Gasteiger partial charge is 0.193 e. The van der Waals surface area contributed by atoms with Crippen molar-refractivity contribution in [2.24, 2.45) is 10.9 Å². The molecule has 1 aromatic heterocycles. The van der Waals surface area contributed by atoms with E-state index in [0.717, 1.165) is 32.0 Å². The molecule has 4 nitrogen and oxygen atoms in total. The first-order valence-electron chi connectivity index (χ1n) is 9.17. The molecule has 0 bridgehead atoms. The summed E-state index contributed by atoms with van der Waals surface area (Å²) >= 11 is 0. The monoisotopic (exact) mass is 464 g/mol. The van der Waals surface area contributed by atoms with Crippen LogP contribution in [0, 0.1) is 5.92 Å². The van der Waals surface area contributed by atoms with Gasteiger partial charge in [0, 0.05) is 39.1 Å². The zero-order valence-electron chi connectivity index (χ0n) is 15.6. The van der Waals surface area contributed by atoms with Crippen LogP contribution in [0.1, 0.15) is 30.4 Å². The third kappa shape index (κ3) is 5.43. The van der Waals surface area contributed by atoms with Gasteiger partial charge >= 0.3 is 0 Å². The SMILES string of the molecule is CN=C(NCCc1cccnc1)N1CCC(c2ccccc2)C(C)C1.I. The third-order valence-electron chi connectivity index (χ3n) is 5.06. The number of aliphatic imine (C=N–C) groups is 1. The molecule has 5 heteroatoms. The van der Waals surface area contributed by atoms with E-state index in [-0.39, 0.29) is 24.0 Å².